The first kappa shape index (κ1) is 21.5. The molecule has 1 atom stereocenters. The molecule has 0 saturated heterocycles. The number of carbonyl (C=O) groups is 3. The first-order valence-electron chi connectivity index (χ1n) is 8.85. The molecule has 0 fully saturated rings. The maximum absolute atomic E-state index is 12.3. The summed E-state index contributed by atoms with van der Waals surface area (Å²) in [4.78, 5) is 36.3. The van der Waals surface area contributed by atoms with Crippen LogP contribution in [0, 0.1) is 0 Å². The molecule has 1 aromatic carbocycles. The maximum Gasteiger partial charge on any atom is 0.408 e. The van der Waals surface area contributed by atoms with Crippen LogP contribution in [0.5, 0.6) is 0 Å². The number of benzene rings is 1. The van der Waals surface area contributed by atoms with Gasteiger partial charge in [-0.3, -0.25) is 5.32 Å². The lowest BCUT2D eigenvalue weighted by atomic mass is 9.92. The van der Waals surface area contributed by atoms with Crippen molar-refractivity contribution in [3.63, 3.8) is 0 Å². The number of carboxylic acid groups (broad SMARTS) is 1. The van der Waals surface area contributed by atoms with E-state index in [1.807, 2.05) is 13.0 Å². The molecule has 2 N–H and O–H groups in total. The van der Waals surface area contributed by atoms with Crippen LogP contribution >= 0.6 is 0 Å². The number of ether oxygens (including phenoxy) is 2. The minimum absolute atomic E-state index is 0.0174. The van der Waals surface area contributed by atoms with E-state index in [2.05, 4.69) is 5.32 Å². The monoisotopic (exact) mass is 365 g/mol. The third-order valence-corrected chi connectivity index (χ3v) is 3.92. The van der Waals surface area contributed by atoms with Gasteiger partial charge in [0.2, 0.25) is 5.54 Å². The number of unbranched alkanes of at least 4 members (excludes halogenated alkanes) is 3. The number of carboxylic acids is 1. The Balaban J connectivity index is 2.82. The summed E-state index contributed by atoms with van der Waals surface area (Å²) in [5, 5.41) is 11.9. The van der Waals surface area contributed by atoms with Crippen LogP contribution in [0.1, 0.15) is 51.5 Å². The third kappa shape index (κ3) is 6.38. The normalized spacial score (nSPS) is 12.7. The average Bonchev–Trinajstić information content (AvgIpc) is 2.63. The standard InChI is InChI=1S/C19H27NO6/c1-3-5-6-10-13-19(16(21)22,17(23)25-4-2)20-18(24)26-14-15-11-8-7-9-12-15/h7-9,11-12H,3-6,10,13-14H2,1-2H3,(H,20,24)(H,21,22)/t19-/m1/s1. The predicted molar refractivity (Wildman–Crippen MR) is 95.5 cm³/mol. The highest BCUT2D eigenvalue weighted by Crippen LogP contribution is 2.19. The summed E-state index contributed by atoms with van der Waals surface area (Å²) >= 11 is 0. The van der Waals surface area contributed by atoms with E-state index in [1.54, 1.807) is 31.2 Å². The zero-order valence-corrected chi connectivity index (χ0v) is 15.3. The first-order valence-corrected chi connectivity index (χ1v) is 8.85. The van der Waals surface area contributed by atoms with E-state index in [-0.39, 0.29) is 19.6 Å². The lowest BCUT2D eigenvalue weighted by Gasteiger charge is -2.27. The molecular formula is C19H27NO6. The van der Waals surface area contributed by atoms with Crippen molar-refractivity contribution >= 4 is 18.0 Å². The van der Waals surface area contributed by atoms with Gasteiger partial charge in [-0.25, -0.2) is 14.4 Å². The molecular weight excluding hydrogens is 338 g/mol. The number of nitrogens with one attached hydrogen (secondary N) is 1. The van der Waals surface area contributed by atoms with Gasteiger partial charge in [-0.15, -0.1) is 0 Å². The molecule has 26 heavy (non-hydrogen) atoms. The van der Waals surface area contributed by atoms with E-state index < -0.39 is 23.6 Å². The zero-order chi connectivity index (χ0) is 19.4. The minimum atomic E-state index is -2.14. The van der Waals surface area contributed by atoms with E-state index >= 15 is 0 Å². The molecule has 0 radical (unpaired) electrons. The highest BCUT2D eigenvalue weighted by Gasteiger charge is 2.49. The van der Waals surface area contributed by atoms with Gasteiger partial charge in [0, 0.05) is 0 Å². The summed E-state index contributed by atoms with van der Waals surface area (Å²) in [6, 6.07) is 8.96. The Morgan fingerprint density at radius 1 is 1.04 bits per heavy atom. The Morgan fingerprint density at radius 3 is 2.31 bits per heavy atom. The predicted octanol–water partition coefficient (Wildman–Crippen LogP) is 3.27. The Kier molecular flexibility index (Phi) is 9.19. The summed E-state index contributed by atoms with van der Waals surface area (Å²) in [6.07, 6.45) is 2.08. The SMILES string of the molecule is CCCCCC[C@@](NC(=O)OCc1ccccc1)(C(=O)O)C(=O)OCC. The van der Waals surface area contributed by atoms with E-state index in [0.29, 0.717) is 6.42 Å². The van der Waals surface area contributed by atoms with Gasteiger partial charge in [-0.2, -0.15) is 0 Å². The van der Waals surface area contributed by atoms with Gasteiger partial charge in [-0.05, 0) is 25.3 Å². The largest absolute Gasteiger partial charge is 0.479 e. The molecule has 0 aliphatic carbocycles. The minimum Gasteiger partial charge on any atom is -0.479 e. The van der Waals surface area contributed by atoms with Crippen molar-refractivity contribution in [2.45, 2.75) is 58.1 Å². The number of hydrogen-bond donors (Lipinski definition) is 2. The summed E-state index contributed by atoms with van der Waals surface area (Å²) in [5.41, 5.74) is -1.39. The van der Waals surface area contributed by atoms with Crippen LogP contribution in [0.4, 0.5) is 4.79 Å². The second-order valence-electron chi connectivity index (χ2n) is 5.93. The lowest BCUT2D eigenvalue weighted by molar-refractivity contribution is -0.163. The van der Waals surface area contributed by atoms with Crippen molar-refractivity contribution < 1.29 is 29.0 Å². The number of aliphatic carboxylic acids is 1. The van der Waals surface area contributed by atoms with Crippen LogP contribution in [0.25, 0.3) is 0 Å². The van der Waals surface area contributed by atoms with Crippen molar-refractivity contribution in [1.82, 2.24) is 5.32 Å². The summed E-state index contributed by atoms with van der Waals surface area (Å²) in [7, 11) is 0. The quantitative estimate of drug-likeness (QED) is 0.354. The Bertz CT molecular complexity index is 589. The second-order valence-corrected chi connectivity index (χ2v) is 5.93. The number of hydrogen-bond acceptors (Lipinski definition) is 5. The molecule has 0 spiro atoms. The van der Waals surface area contributed by atoms with Gasteiger partial charge in [-0.1, -0.05) is 56.5 Å². The topological polar surface area (TPSA) is 102 Å². The van der Waals surface area contributed by atoms with Crippen LogP contribution in [-0.4, -0.2) is 35.3 Å². The molecule has 0 aliphatic rings. The molecule has 144 valence electrons. The van der Waals surface area contributed by atoms with Crippen molar-refractivity contribution in [3.05, 3.63) is 35.9 Å². The molecule has 1 aromatic rings. The number of rotatable bonds is 11. The molecule has 1 rings (SSSR count). The second kappa shape index (κ2) is 11.1. The molecule has 7 nitrogen and oxygen atoms in total. The van der Waals surface area contributed by atoms with E-state index in [1.165, 1.54) is 0 Å². The van der Waals surface area contributed by atoms with E-state index in [4.69, 9.17) is 9.47 Å². The average molecular weight is 365 g/mol. The maximum atomic E-state index is 12.3. The first-order chi connectivity index (χ1) is 12.5. The van der Waals surface area contributed by atoms with Crippen molar-refractivity contribution in [1.29, 1.82) is 0 Å². The van der Waals surface area contributed by atoms with Crippen molar-refractivity contribution in [2.24, 2.45) is 0 Å². The highest BCUT2D eigenvalue weighted by molar-refractivity contribution is 6.06. The van der Waals surface area contributed by atoms with Gasteiger partial charge in [0.15, 0.2) is 0 Å². The molecule has 7 heteroatoms. The zero-order valence-electron chi connectivity index (χ0n) is 15.3. The number of esters is 1. The summed E-state index contributed by atoms with van der Waals surface area (Å²) in [6.45, 7) is 3.59. The van der Waals surface area contributed by atoms with Gasteiger partial charge in [0.1, 0.15) is 6.61 Å². The van der Waals surface area contributed by atoms with E-state index in [0.717, 1.165) is 24.8 Å². The smallest absolute Gasteiger partial charge is 0.408 e. The fourth-order valence-corrected chi connectivity index (χ4v) is 2.47. The Labute approximate surface area is 153 Å². The number of alkyl carbamates (subject to hydrolysis) is 1. The fraction of sp³-hybridized carbons (Fsp3) is 0.526. The van der Waals surface area contributed by atoms with Crippen LogP contribution in [0.2, 0.25) is 0 Å². The Morgan fingerprint density at radius 2 is 1.73 bits per heavy atom. The summed E-state index contributed by atoms with van der Waals surface area (Å²) < 4.78 is 9.97. The van der Waals surface area contributed by atoms with Crippen LogP contribution < -0.4 is 5.32 Å². The molecule has 0 aliphatic heterocycles. The fourth-order valence-electron chi connectivity index (χ4n) is 2.47. The third-order valence-electron chi connectivity index (χ3n) is 3.92. The van der Waals surface area contributed by atoms with E-state index in [9.17, 15) is 19.5 Å². The lowest BCUT2D eigenvalue weighted by Crippen LogP contribution is -2.60. The van der Waals surface area contributed by atoms with Crippen LogP contribution in [0.15, 0.2) is 30.3 Å². The van der Waals surface area contributed by atoms with Crippen LogP contribution in [-0.2, 0) is 25.7 Å². The van der Waals surface area contributed by atoms with Gasteiger partial charge >= 0.3 is 18.0 Å². The molecule has 0 unspecified atom stereocenters. The molecule has 0 saturated carbocycles. The van der Waals surface area contributed by atoms with Crippen molar-refractivity contribution in [3.8, 4) is 0 Å². The van der Waals surface area contributed by atoms with Crippen molar-refractivity contribution in [2.75, 3.05) is 6.61 Å². The highest BCUT2D eigenvalue weighted by atomic mass is 16.6. The van der Waals surface area contributed by atoms with Gasteiger partial charge in [0.05, 0.1) is 6.61 Å². The number of amides is 1. The van der Waals surface area contributed by atoms with Gasteiger partial charge < -0.3 is 14.6 Å². The molecule has 0 bridgehead atoms. The van der Waals surface area contributed by atoms with Gasteiger partial charge in [0.25, 0.3) is 0 Å². The summed E-state index contributed by atoms with van der Waals surface area (Å²) in [5.74, 6) is -2.44. The molecule has 0 aromatic heterocycles. The van der Waals surface area contributed by atoms with Crippen LogP contribution in [0.3, 0.4) is 0 Å². The number of carbonyl (C=O) groups excluding carboxylic acids is 2. The molecule has 1 amide bonds. The molecule has 0 heterocycles. The Hall–Kier alpha value is -2.57.